The van der Waals surface area contributed by atoms with Gasteiger partial charge in [-0.1, -0.05) is 24.3 Å². The standard InChI is InChI=1S/C11H9N3OS/c12-11(16)14-13-9-5-6-10(15)8-4-2-1-3-7(8)9/h1-6,15H,(H2,12,16). The number of thiocarbonyl (C=S) groups is 1. The second-order valence-corrected chi connectivity index (χ2v) is 3.61. The zero-order valence-electron chi connectivity index (χ0n) is 8.29. The van der Waals surface area contributed by atoms with Gasteiger partial charge in [-0.05, 0) is 24.4 Å². The molecule has 0 bridgehead atoms. The van der Waals surface area contributed by atoms with Crippen molar-refractivity contribution in [3.63, 3.8) is 0 Å². The summed E-state index contributed by atoms with van der Waals surface area (Å²) >= 11 is 4.61. The van der Waals surface area contributed by atoms with Crippen LogP contribution < -0.4 is 5.73 Å². The van der Waals surface area contributed by atoms with Crippen LogP contribution in [0.1, 0.15) is 0 Å². The first kappa shape index (κ1) is 10.5. The molecule has 0 heterocycles. The van der Waals surface area contributed by atoms with Gasteiger partial charge in [-0.25, -0.2) is 0 Å². The Labute approximate surface area is 97.4 Å². The number of fused-ring (bicyclic) bond motifs is 1. The van der Waals surface area contributed by atoms with E-state index in [1.807, 2.05) is 24.3 Å². The maximum atomic E-state index is 9.65. The highest BCUT2D eigenvalue weighted by Gasteiger charge is 2.03. The maximum Gasteiger partial charge on any atom is 0.211 e. The summed E-state index contributed by atoms with van der Waals surface area (Å²) in [5.74, 6) is 0.213. The Balaban J connectivity index is 2.63. The van der Waals surface area contributed by atoms with Crippen molar-refractivity contribution in [3.05, 3.63) is 36.4 Å². The van der Waals surface area contributed by atoms with Crippen molar-refractivity contribution in [3.8, 4) is 5.75 Å². The molecule has 0 radical (unpaired) electrons. The van der Waals surface area contributed by atoms with Crippen molar-refractivity contribution in [1.82, 2.24) is 0 Å². The molecule has 2 rings (SSSR count). The minimum absolute atomic E-state index is 0.0165. The highest BCUT2D eigenvalue weighted by molar-refractivity contribution is 7.80. The second-order valence-electron chi connectivity index (χ2n) is 3.19. The fourth-order valence-corrected chi connectivity index (χ4v) is 1.50. The number of nitrogens with zero attached hydrogens (tertiary/aromatic N) is 2. The van der Waals surface area contributed by atoms with E-state index in [2.05, 4.69) is 22.4 Å². The molecule has 2 aromatic carbocycles. The van der Waals surface area contributed by atoms with Crippen LogP contribution in [0.2, 0.25) is 0 Å². The molecule has 5 heteroatoms. The third-order valence-electron chi connectivity index (χ3n) is 2.13. The molecule has 0 spiro atoms. The molecule has 0 aliphatic rings. The van der Waals surface area contributed by atoms with Crippen molar-refractivity contribution < 1.29 is 5.11 Å². The molecule has 0 aromatic heterocycles. The van der Waals surface area contributed by atoms with Crippen LogP contribution in [0.3, 0.4) is 0 Å². The molecule has 4 nitrogen and oxygen atoms in total. The lowest BCUT2D eigenvalue weighted by Gasteiger charge is -2.02. The zero-order valence-corrected chi connectivity index (χ0v) is 9.11. The van der Waals surface area contributed by atoms with E-state index in [1.54, 1.807) is 12.1 Å². The van der Waals surface area contributed by atoms with Crippen LogP contribution >= 0.6 is 12.2 Å². The molecular formula is C11H9N3OS. The Hall–Kier alpha value is -2.01. The first-order valence-electron chi connectivity index (χ1n) is 4.60. The topological polar surface area (TPSA) is 71.0 Å². The predicted molar refractivity (Wildman–Crippen MR) is 66.9 cm³/mol. The summed E-state index contributed by atoms with van der Waals surface area (Å²) in [7, 11) is 0. The maximum absolute atomic E-state index is 9.65. The lowest BCUT2D eigenvalue weighted by atomic mass is 10.1. The number of azo groups is 1. The van der Waals surface area contributed by atoms with E-state index in [0.717, 1.165) is 10.8 Å². The van der Waals surface area contributed by atoms with Crippen LogP contribution in [-0.4, -0.2) is 10.2 Å². The van der Waals surface area contributed by atoms with E-state index in [-0.39, 0.29) is 10.9 Å². The summed E-state index contributed by atoms with van der Waals surface area (Å²) in [6, 6.07) is 10.6. The van der Waals surface area contributed by atoms with E-state index in [1.165, 1.54) is 0 Å². The largest absolute Gasteiger partial charge is 0.507 e. The van der Waals surface area contributed by atoms with Crippen LogP contribution in [0.15, 0.2) is 46.6 Å². The van der Waals surface area contributed by atoms with Gasteiger partial charge in [0.05, 0.1) is 5.69 Å². The van der Waals surface area contributed by atoms with Gasteiger partial charge in [0.25, 0.3) is 0 Å². The Bertz CT molecular complexity index is 580. The molecule has 0 atom stereocenters. The van der Waals surface area contributed by atoms with Gasteiger partial charge >= 0.3 is 0 Å². The zero-order chi connectivity index (χ0) is 11.5. The van der Waals surface area contributed by atoms with Crippen LogP contribution in [0, 0.1) is 0 Å². The fourth-order valence-electron chi connectivity index (χ4n) is 1.46. The number of phenols is 1. The van der Waals surface area contributed by atoms with Crippen LogP contribution in [0.5, 0.6) is 5.75 Å². The molecule has 0 aliphatic heterocycles. The summed E-state index contributed by atoms with van der Waals surface area (Å²) in [6.45, 7) is 0. The molecule has 0 aliphatic carbocycles. The van der Waals surface area contributed by atoms with E-state index < -0.39 is 0 Å². The monoisotopic (exact) mass is 231 g/mol. The lowest BCUT2D eigenvalue weighted by Crippen LogP contribution is -2.01. The van der Waals surface area contributed by atoms with Crippen molar-refractivity contribution in [2.45, 2.75) is 0 Å². The number of rotatable bonds is 1. The summed E-state index contributed by atoms with van der Waals surface area (Å²) in [5.41, 5.74) is 5.86. The number of hydrogen-bond donors (Lipinski definition) is 2. The summed E-state index contributed by atoms with van der Waals surface area (Å²) in [5, 5.41) is 18.7. The van der Waals surface area contributed by atoms with Gasteiger partial charge in [-0.2, -0.15) is 0 Å². The highest BCUT2D eigenvalue weighted by Crippen LogP contribution is 2.32. The van der Waals surface area contributed by atoms with Gasteiger partial charge in [0.1, 0.15) is 5.75 Å². The van der Waals surface area contributed by atoms with Crippen molar-refractivity contribution >= 4 is 33.8 Å². The van der Waals surface area contributed by atoms with Crippen LogP contribution in [-0.2, 0) is 0 Å². The Morgan fingerprint density at radius 1 is 1.12 bits per heavy atom. The summed E-state index contributed by atoms with van der Waals surface area (Å²) in [4.78, 5) is 0. The average molecular weight is 231 g/mol. The van der Waals surface area contributed by atoms with Crippen molar-refractivity contribution in [2.75, 3.05) is 0 Å². The smallest absolute Gasteiger partial charge is 0.211 e. The number of benzene rings is 2. The Morgan fingerprint density at radius 3 is 2.50 bits per heavy atom. The molecule has 0 amide bonds. The Kier molecular flexibility index (Phi) is 2.78. The summed E-state index contributed by atoms with van der Waals surface area (Å²) < 4.78 is 0. The number of hydrogen-bond acceptors (Lipinski definition) is 3. The summed E-state index contributed by atoms with van der Waals surface area (Å²) in [6.07, 6.45) is 0. The number of nitrogens with two attached hydrogens (primary N) is 1. The van der Waals surface area contributed by atoms with E-state index in [9.17, 15) is 5.11 Å². The molecule has 0 unspecified atom stereocenters. The number of phenolic OH excluding ortho intramolecular Hbond substituents is 1. The van der Waals surface area contributed by atoms with E-state index in [0.29, 0.717) is 5.69 Å². The molecule has 2 aromatic rings. The quantitative estimate of drug-likeness (QED) is 0.585. The second kappa shape index (κ2) is 4.24. The molecule has 0 saturated heterocycles. The first-order chi connectivity index (χ1) is 7.68. The molecule has 0 saturated carbocycles. The lowest BCUT2D eigenvalue weighted by molar-refractivity contribution is 0.481. The van der Waals surface area contributed by atoms with E-state index >= 15 is 0 Å². The van der Waals surface area contributed by atoms with Crippen LogP contribution in [0.4, 0.5) is 5.69 Å². The predicted octanol–water partition coefficient (Wildman–Crippen LogP) is 2.87. The molecular weight excluding hydrogens is 222 g/mol. The van der Waals surface area contributed by atoms with Gasteiger partial charge in [0.2, 0.25) is 5.11 Å². The van der Waals surface area contributed by atoms with Crippen molar-refractivity contribution in [1.29, 1.82) is 0 Å². The Morgan fingerprint density at radius 2 is 1.81 bits per heavy atom. The first-order valence-corrected chi connectivity index (χ1v) is 5.01. The third kappa shape index (κ3) is 1.99. The highest BCUT2D eigenvalue weighted by atomic mass is 32.1. The third-order valence-corrected chi connectivity index (χ3v) is 2.22. The average Bonchev–Trinajstić information content (AvgIpc) is 2.28. The normalized spacial score (nSPS) is 11.0. The van der Waals surface area contributed by atoms with Crippen molar-refractivity contribution in [2.24, 2.45) is 16.0 Å². The molecule has 0 fully saturated rings. The molecule has 80 valence electrons. The van der Waals surface area contributed by atoms with Gasteiger partial charge in [-0.3, -0.25) is 0 Å². The van der Waals surface area contributed by atoms with Crippen LogP contribution in [0.25, 0.3) is 10.8 Å². The van der Waals surface area contributed by atoms with E-state index in [4.69, 9.17) is 5.73 Å². The minimum Gasteiger partial charge on any atom is -0.507 e. The number of aromatic hydroxyl groups is 1. The minimum atomic E-state index is -0.0165. The molecule has 16 heavy (non-hydrogen) atoms. The SMILES string of the molecule is NC(=S)N=Nc1ccc(O)c2ccccc12. The molecule has 3 N–H and O–H groups in total. The van der Waals surface area contributed by atoms with Gasteiger partial charge < -0.3 is 10.8 Å². The van der Waals surface area contributed by atoms with Gasteiger partial charge in [0, 0.05) is 10.8 Å². The van der Waals surface area contributed by atoms with Gasteiger partial charge in [-0.15, -0.1) is 10.2 Å². The van der Waals surface area contributed by atoms with Gasteiger partial charge in [0.15, 0.2) is 0 Å². The fraction of sp³-hybridized carbons (Fsp3) is 0.